The smallest absolute Gasteiger partial charge is 0.246 e. The van der Waals surface area contributed by atoms with Crippen LogP contribution in [-0.2, 0) is 19.2 Å². The van der Waals surface area contributed by atoms with Crippen LogP contribution >= 0.6 is 11.8 Å². The van der Waals surface area contributed by atoms with E-state index in [1.54, 1.807) is 28.6 Å². The molecule has 8 nitrogen and oxygen atoms in total. The molecule has 4 atom stereocenters. The van der Waals surface area contributed by atoms with E-state index < -0.39 is 18.0 Å². The van der Waals surface area contributed by atoms with Crippen molar-refractivity contribution in [3.05, 3.63) is 0 Å². The summed E-state index contributed by atoms with van der Waals surface area (Å²) in [6.07, 6.45) is 1.95. The summed E-state index contributed by atoms with van der Waals surface area (Å²) in [7, 11) is 1.57. The molecule has 0 aliphatic carbocycles. The summed E-state index contributed by atoms with van der Waals surface area (Å²) in [5.74, 6) is -0.313. The van der Waals surface area contributed by atoms with E-state index in [2.05, 4.69) is 0 Å². The van der Waals surface area contributed by atoms with Gasteiger partial charge in [0.05, 0.1) is 6.54 Å². The van der Waals surface area contributed by atoms with Crippen LogP contribution in [0.25, 0.3) is 0 Å². The molecule has 2 N–H and O–H groups in total. The molecule has 1 unspecified atom stereocenters. The number of carbonyl (C=O) groups excluding carboxylic acids is 4. The molecule has 3 rings (SSSR count). The summed E-state index contributed by atoms with van der Waals surface area (Å²) in [4.78, 5) is 53.4. The molecule has 0 saturated carbocycles. The molecule has 3 saturated heterocycles. The zero-order valence-electron chi connectivity index (χ0n) is 14.5. The zero-order valence-corrected chi connectivity index (χ0v) is 15.3. The van der Waals surface area contributed by atoms with Crippen LogP contribution in [0.2, 0.25) is 0 Å². The van der Waals surface area contributed by atoms with E-state index in [0.717, 1.165) is 12.2 Å². The molecule has 3 aliphatic rings. The third-order valence-corrected chi connectivity index (χ3v) is 6.78. The van der Waals surface area contributed by atoms with Gasteiger partial charge in [-0.3, -0.25) is 19.2 Å². The second kappa shape index (κ2) is 6.86. The Hall–Kier alpha value is -1.77. The van der Waals surface area contributed by atoms with Gasteiger partial charge in [-0.15, -0.1) is 0 Å². The van der Waals surface area contributed by atoms with Crippen molar-refractivity contribution in [2.75, 3.05) is 25.9 Å². The number of hydrogen-bond donors (Lipinski definition) is 1. The van der Waals surface area contributed by atoms with Gasteiger partial charge >= 0.3 is 0 Å². The lowest BCUT2D eigenvalue weighted by molar-refractivity contribution is -0.148. The minimum Gasteiger partial charge on any atom is -0.368 e. The van der Waals surface area contributed by atoms with Crippen molar-refractivity contribution in [1.29, 1.82) is 0 Å². The number of thioether (sulfide) groups is 1. The number of nitrogens with two attached hydrogens (primary N) is 1. The fraction of sp³-hybridized carbons (Fsp3) is 0.750. The maximum absolute atomic E-state index is 13.1. The first-order chi connectivity index (χ1) is 11.8. The van der Waals surface area contributed by atoms with Crippen molar-refractivity contribution in [2.24, 2.45) is 5.73 Å². The van der Waals surface area contributed by atoms with E-state index in [1.165, 1.54) is 11.8 Å². The van der Waals surface area contributed by atoms with Gasteiger partial charge in [0.2, 0.25) is 23.6 Å². The van der Waals surface area contributed by atoms with Gasteiger partial charge in [0.15, 0.2) is 0 Å². The van der Waals surface area contributed by atoms with Crippen LogP contribution in [-0.4, -0.2) is 87.6 Å². The van der Waals surface area contributed by atoms with E-state index in [9.17, 15) is 19.2 Å². The summed E-state index contributed by atoms with van der Waals surface area (Å²) in [6, 6.07) is -1.13. The lowest BCUT2D eigenvalue weighted by atomic mass is 10.1. The number of amides is 4. The Labute approximate surface area is 151 Å². The van der Waals surface area contributed by atoms with Gasteiger partial charge in [-0.05, 0) is 19.3 Å². The van der Waals surface area contributed by atoms with Crippen molar-refractivity contribution < 1.29 is 19.2 Å². The molecule has 2 bridgehead atoms. The number of likely N-dealkylation sites (N-methyl/N-ethyl adjacent to an activating group) is 1. The normalized spacial score (nSPS) is 31.4. The Balaban J connectivity index is 1.81. The summed E-state index contributed by atoms with van der Waals surface area (Å²) >= 11 is 1.76. The van der Waals surface area contributed by atoms with Gasteiger partial charge in [0.25, 0.3) is 0 Å². The van der Waals surface area contributed by atoms with Crippen LogP contribution in [0, 0.1) is 0 Å². The van der Waals surface area contributed by atoms with Gasteiger partial charge < -0.3 is 20.4 Å². The average Bonchev–Trinajstić information content (AvgIpc) is 3.15. The highest BCUT2D eigenvalue weighted by Crippen LogP contribution is 2.37. The standard InChI is InChI=1S/C16H24N4O4S/c1-9(21)18(2)7-14(22)19-6-11-5-13(19)16(24)20-10(8-25-11)3-4-12(20)15(17)23/h10-13H,3-8H2,1-2H3,(H2,17,23)/t10?,11-,12+,13-/m1/s1. The number of nitrogens with zero attached hydrogens (tertiary/aromatic N) is 3. The Morgan fingerprint density at radius 1 is 1.32 bits per heavy atom. The molecule has 0 aromatic carbocycles. The van der Waals surface area contributed by atoms with Crippen LogP contribution in [0.5, 0.6) is 0 Å². The summed E-state index contributed by atoms with van der Waals surface area (Å²) < 4.78 is 0. The highest BCUT2D eigenvalue weighted by Gasteiger charge is 2.49. The van der Waals surface area contributed by atoms with E-state index in [0.29, 0.717) is 19.4 Å². The molecule has 25 heavy (non-hydrogen) atoms. The molecule has 4 amide bonds. The van der Waals surface area contributed by atoms with Crippen LogP contribution in [0.4, 0.5) is 0 Å². The molecule has 0 spiro atoms. The van der Waals surface area contributed by atoms with Gasteiger partial charge in [-0.1, -0.05) is 0 Å². The molecule has 0 aromatic heterocycles. The lowest BCUT2D eigenvalue weighted by Gasteiger charge is -2.34. The minimum atomic E-state index is -0.577. The highest BCUT2D eigenvalue weighted by atomic mass is 32.2. The highest BCUT2D eigenvalue weighted by molar-refractivity contribution is 8.00. The monoisotopic (exact) mass is 368 g/mol. The predicted molar refractivity (Wildman–Crippen MR) is 92.5 cm³/mol. The van der Waals surface area contributed by atoms with E-state index in [-0.39, 0.29) is 35.6 Å². The van der Waals surface area contributed by atoms with Gasteiger partial charge in [0.1, 0.15) is 12.1 Å². The first kappa shape index (κ1) is 18.0. The SMILES string of the molecule is CC(=O)N(C)CC(=O)N1C[C@H]2C[C@@H]1C(=O)N1C(CC[C@H]1C(N)=O)CS2. The van der Waals surface area contributed by atoms with Gasteiger partial charge in [-0.25, -0.2) is 0 Å². The summed E-state index contributed by atoms with van der Waals surface area (Å²) in [5.41, 5.74) is 5.48. The van der Waals surface area contributed by atoms with Gasteiger partial charge in [-0.2, -0.15) is 11.8 Å². The van der Waals surface area contributed by atoms with Crippen LogP contribution in [0.1, 0.15) is 26.2 Å². The van der Waals surface area contributed by atoms with Crippen LogP contribution in [0.3, 0.4) is 0 Å². The van der Waals surface area contributed by atoms with Crippen molar-refractivity contribution in [1.82, 2.24) is 14.7 Å². The molecule has 3 aliphatic heterocycles. The van der Waals surface area contributed by atoms with E-state index >= 15 is 0 Å². The van der Waals surface area contributed by atoms with Gasteiger partial charge in [0, 0.05) is 37.6 Å². The summed E-state index contributed by atoms with van der Waals surface area (Å²) in [6.45, 7) is 1.87. The molecule has 0 radical (unpaired) electrons. The van der Waals surface area contributed by atoms with E-state index in [1.807, 2.05) is 0 Å². The predicted octanol–water partition coefficient (Wildman–Crippen LogP) is -0.974. The average molecular weight is 368 g/mol. The second-order valence-corrected chi connectivity index (χ2v) is 8.36. The first-order valence-corrected chi connectivity index (χ1v) is 9.58. The maximum Gasteiger partial charge on any atom is 0.246 e. The Morgan fingerprint density at radius 3 is 2.68 bits per heavy atom. The van der Waals surface area contributed by atoms with E-state index in [4.69, 9.17) is 5.73 Å². The quantitative estimate of drug-likeness (QED) is 0.690. The number of carbonyl (C=O) groups is 4. The zero-order chi connectivity index (χ0) is 18.3. The minimum absolute atomic E-state index is 0.00949. The second-order valence-electron chi connectivity index (χ2n) is 7.02. The number of fused-ring (bicyclic) bond motifs is 3. The third-order valence-electron chi connectivity index (χ3n) is 5.39. The van der Waals surface area contributed by atoms with Crippen LogP contribution < -0.4 is 5.73 Å². The topological polar surface area (TPSA) is 104 Å². The van der Waals surface area contributed by atoms with Crippen LogP contribution in [0.15, 0.2) is 0 Å². The van der Waals surface area contributed by atoms with Crippen molar-refractivity contribution in [3.8, 4) is 0 Å². The molecular formula is C16H24N4O4S. The first-order valence-electron chi connectivity index (χ1n) is 8.54. The lowest BCUT2D eigenvalue weighted by Crippen LogP contribution is -2.56. The molecular weight excluding hydrogens is 344 g/mol. The largest absolute Gasteiger partial charge is 0.368 e. The molecule has 3 fully saturated rings. The Morgan fingerprint density at radius 2 is 2.04 bits per heavy atom. The molecule has 0 aromatic rings. The molecule has 9 heteroatoms. The molecule has 138 valence electrons. The maximum atomic E-state index is 13.1. The number of hydrogen-bond acceptors (Lipinski definition) is 5. The Bertz CT molecular complexity index is 611. The summed E-state index contributed by atoms with van der Waals surface area (Å²) in [5, 5.41) is 0.218. The fourth-order valence-corrected chi connectivity index (χ4v) is 5.32. The number of rotatable bonds is 3. The number of primary amides is 1. The Kier molecular flexibility index (Phi) is 4.95. The number of likely N-dealkylation sites (tertiary alicyclic amines) is 1. The molecule has 3 heterocycles. The fourth-order valence-electron chi connectivity index (χ4n) is 3.91. The van der Waals surface area contributed by atoms with Crippen molar-refractivity contribution in [2.45, 2.75) is 49.6 Å². The van der Waals surface area contributed by atoms with Crippen molar-refractivity contribution >= 4 is 35.4 Å². The third kappa shape index (κ3) is 3.33. The van der Waals surface area contributed by atoms with Crippen molar-refractivity contribution in [3.63, 3.8) is 0 Å².